The van der Waals surface area contributed by atoms with E-state index in [1.165, 1.54) is 5.56 Å². The number of rotatable bonds is 6. The van der Waals surface area contributed by atoms with Crippen LogP contribution in [-0.4, -0.2) is 41.3 Å². The van der Waals surface area contributed by atoms with Crippen LogP contribution in [0, 0.1) is 11.3 Å². The number of carbonyl (C=O) groups is 2. The zero-order valence-electron chi connectivity index (χ0n) is 14.5. The third kappa shape index (κ3) is 3.59. The van der Waals surface area contributed by atoms with Gasteiger partial charge < -0.3 is 10.2 Å². The third-order valence-electron chi connectivity index (χ3n) is 5.36. The summed E-state index contributed by atoms with van der Waals surface area (Å²) < 4.78 is 0. The molecule has 0 bridgehead atoms. The fraction of sp³-hybridized carbons (Fsp3) is 0.550. The van der Waals surface area contributed by atoms with Crippen LogP contribution in [0.1, 0.15) is 44.1 Å². The average molecular weight is 339 g/mol. The summed E-state index contributed by atoms with van der Waals surface area (Å²) in [5, 5.41) is 13.0. The molecule has 1 aromatic rings. The van der Waals surface area contributed by atoms with E-state index in [2.05, 4.69) is 11.4 Å². The lowest BCUT2D eigenvalue weighted by Gasteiger charge is -2.33. The Morgan fingerprint density at radius 3 is 2.76 bits per heavy atom. The van der Waals surface area contributed by atoms with Crippen molar-refractivity contribution in [1.29, 1.82) is 5.26 Å². The molecule has 0 saturated carbocycles. The molecule has 5 heteroatoms. The first-order valence-corrected chi connectivity index (χ1v) is 9.21. The Hall–Kier alpha value is -2.19. The van der Waals surface area contributed by atoms with Crippen molar-refractivity contribution < 1.29 is 9.59 Å². The van der Waals surface area contributed by atoms with Crippen molar-refractivity contribution in [2.75, 3.05) is 13.1 Å². The third-order valence-corrected chi connectivity index (χ3v) is 5.36. The molecule has 2 aliphatic heterocycles. The van der Waals surface area contributed by atoms with E-state index < -0.39 is 5.54 Å². The maximum atomic E-state index is 12.9. The van der Waals surface area contributed by atoms with Crippen molar-refractivity contribution in [2.24, 2.45) is 0 Å². The molecule has 25 heavy (non-hydrogen) atoms. The van der Waals surface area contributed by atoms with Gasteiger partial charge in [-0.2, -0.15) is 5.26 Å². The first-order valence-electron chi connectivity index (χ1n) is 9.21. The molecule has 1 N–H and O–H groups in total. The van der Waals surface area contributed by atoms with E-state index in [1.807, 2.05) is 30.3 Å². The minimum atomic E-state index is -1.25. The summed E-state index contributed by atoms with van der Waals surface area (Å²) >= 11 is 0. The van der Waals surface area contributed by atoms with E-state index in [9.17, 15) is 14.9 Å². The monoisotopic (exact) mass is 339 g/mol. The van der Waals surface area contributed by atoms with E-state index in [-0.39, 0.29) is 17.7 Å². The second kappa shape index (κ2) is 7.79. The summed E-state index contributed by atoms with van der Waals surface area (Å²) in [7, 11) is 0. The van der Waals surface area contributed by atoms with E-state index in [0.29, 0.717) is 25.8 Å². The molecule has 2 saturated heterocycles. The number of hydrogen-bond acceptors (Lipinski definition) is 4. The normalized spacial score (nSPS) is 25.7. The molecular formula is C20H25N3O2. The molecule has 5 nitrogen and oxygen atoms in total. The molecule has 2 fully saturated rings. The highest BCUT2D eigenvalue weighted by atomic mass is 16.2. The Kier molecular flexibility index (Phi) is 5.50. The van der Waals surface area contributed by atoms with E-state index >= 15 is 0 Å². The number of hydrogen-bond donors (Lipinski definition) is 1. The number of benzene rings is 1. The molecule has 3 rings (SSSR count). The summed E-state index contributed by atoms with van der Waals surface area (Å²) in [6.45, 7) is 1.34. The Labute approximate surface area is 149 Å². The fourth-order valence-electron chi connectivity index (χ4n) is 3.97. The number of likely N-dealkylation sites (tertiary alicyclic amines) is 1. The fourth-order valence-corrected chi connectivity index (χ4v) is 3.97. The molecule has 0 unspecified atom stereocenters. The molecule has 2 aliphatic rings. The van der Waals surface area contributed by atoms with Crippen LogP contribution in [0.15, 0.2) is 30.3 Å². The molecular weight excluding hydrogens is 314 g/mol. The number of aryl methyl sites for hydroxylation is 1. The van der Waals surface area contributed by atoms with Gasteiger partial charge in [-0.25, -0.2) is 0 Å². The van der Waals surface area contributed by atoms with Crippen molar-refractivity contribution in [2.45, 2.75) is 56.5 Å². The van der Waals surface area contributed by atoms with Crippen LogP contribution < -0.4 is 5.32 Å². The minimum absolute atomic E-state index is 0.0760. The zero-order chi connectivity index (χ0) is 17.7. The highest BCUT2D eigenvalue weighted by Crippen LogP contribution is 2.32. The molecule has 0 radical (unpaired) electrons. The first-order chi connectivity index (χ1) is 12.2. The van der Waals surface area contributed by atoms with Crippen LogP contribution >= 0.6 is 0 Å². The smallest absolute Gasteiger partial charge is 0.241 e. The van der Waals surface area contributed by atoms with Crippen LogP contribution in [0.3, 0.4) is 0 Å². The van der Waals surface area contributed by atoms with Gasteiger partial charge in [-0.1, -0.05) is 30.3 Å². The number of nitriles is 1. The van der Waals surface area contributed by atoms with Crippen LogP contribution in [0.5, 0.6) is 0 Å². The van der Waals surface area contributed by atoms with E-state index in [1.54, 1.807) is 4.90 Å². The van der Waals surface area contributed by atoms with Gasteiger partial charge in [-0.15, -0.1) is 0 Å². The maximum absolute atomic E-state index is 12.9. The van der Waals surface area contributed by atoms with Crippen molar-refractivity contribution in [3.63, 3.8) is 0 Å². The number of nitrogens with one attached hydrogen (secondary N) is 1. The Morgan fingerprint density at radius 1 is 1.28 bits per heavy atom. The lowest BCUT2D eigenvalue weighted by molar-refractivity contribution is -0.142. The molecule has 0 aromatic heterocycles. The standard InChI is InChI=1S/C20H25N3O2/c21-15-20(18(24)11-4-9-16-7-2-1-3-8-16)12-6-14-23(20)19(25)17-10-5-13-22-17/h1-3,7-8,17,22H,4-6,9-14H2/t17-,20-/m0/s1. The molecule has 0 aliphatic carbocycles. The number of Topliss-reactive ketones (excluding diaryl/α,β-unsaturated/α-hetero) is 1. The summed E-state index contributed by atoms with van der Waals surface area (Å²) in [5.41, 5.74) is -0.0614. The highest BCUT2D eigenvalue weighted by Gasteiger charge is 2.50. The number of amides is 1. The van der Waals surface area contributed by atoms with Crippen LogP contribution in [-0.2, 0) is 16.0 Å². The van der Waals surface area contributed by atoms with Gasteiger partial charge in [0.05, 0.1) is 12.1 Å². The Morgan fingerprint density at radius 2 is 2.08 bits per heavy atom. The summed E-state index contributed by atoms with van der Waals surface area (Å²) in [6, 6.07) is 12.0. The number of carbonyl (C=O) groups excluding carboxylic acids is 2. The Bertz CT molecular complexity index is 661. The molecule has 1 amide bonds. The number of ketones is 1. The van der Waals surface area contributed by atoms with Gasteiger partial charge in [0.2, 0.25) is 5.91 Å². The second-order valence-electron chi connectivity index (χ2n) is 6.98. The van der Waals surface area contributed by atoms with E-state index in [4.69, 9.17) is 0 Å². The van der Waals surface area contributed by atoms with Crippen molar-refractivity contribution in [3.8, 4) is 6.07 Å². The maximum Gasteiger partial charge on any atom is 0.241 e. The van der Waals surface area contributed by atoms with Gasteiger partial charge in [-0.05, 0) is 50.6 Å². The Balaban J connectivity index is 1.64. The molecule has 1 aromatic carbocycles. The van der Waals surface area contributed by atoms with Crippen LogP contribution in [0.25, 0.3) is 0 Å². The predicted octanol–water partition coefficient (Wildman–Crippen LogP) is 2.22. The highest BCUT2D eigenvalue weighted by molar-refractivity contribution is 5.97. The lowest BCUT2D eigenvalue weighted by Crippen LogP contribution is -2.56. The van der Waals surface area contributed by atoms with Crippen LogP contribution in [0.2, 0.25) is 0 Å². The topological polar surface area (TPSA) is 73.2 Å². The van der Waals surface area contributed by atoms with Crippen molar-refractivity contribution >= 4 is 11.7 Å². The summed E-state index contributed by atoms with van der Waals surface area (Å²) in [5.74, 6) is -0.178. The van der Waals surface area contributed by atoms with Crippen molar-refractivity contribution in [1.82, 2.24) is 10.2 Å². The van der Waals surface area contributed by atoms with Gasteiger partial charge >= 0.3 is 0 Å². The van der Waals surface area contributed by atoms with E-state index in [0.717, 1.165) is 32.2 Å². The predicted molar refractivity (Wildman–Crippen MR) is 94.7 cm³/mol. The molecule has 132 valence electrons. The van der Waals surface area contributed by atoms with Gasteiger partial charge in [0.15, 0.2) is 11.3 Å². The molecule has 0 spiro atoms. The molecule has 2 atom stereocenters. The summed E-state index contributed by atoms with van der Waals surface area (Å²) in [4.78, 5) is 27.2. The van der Waals surface area contributed by atoms with Crippen molar-refractivity contribution in [3.05, 3.63) is 35.9 Å². The lowest BCUT2D eigenvalue weighted by atomic mass is 9.88. The minimum Gasteiger partial charge on any atom is -0.316 e. The first kappa shape index (κ1) is 17.6. The quantitative estimate of drug-likeness (QED) is 0.862. The number of nitrogens with zero attached hydrogens (tertiary/aromatic N) is 2. The van der Waals surface area contributed by atoms with Gasteiger partial charge in [0.25, 0.3) is 0 Å². The molecule has 2 heterocycles. The van der Waals surface area contributed by atoms with Gasteiger partial charge in [0.1, 0.15) is 0 Å². The van der Waals surface area contributed by atoms with Crippen LogP contribution in [0.4, 0.5) is 0 Å². The average Bonchev–Trinajstić information content (AvgIpc) is 3.32. The zero-order valence-corrected chi connectivity index (χ0v) is 14.5. The SMILES string of the molecule is N#C[C@]1(C(=O)CCCc2ccccc2)CCCN1C(=O)[C@@H]1CCCN1. The summed E-state index contributed by atoms with van der Waals surface area (Å²) in [6.07, 6.45) is 4.79. The largest absolute Gasteiger partial charge is 0.316 e. The van der Waals surface area contributed by atoms with Gasteiger partial charge in [-0.3, -0.25) is 9.59 Å². The second-order valence-corrected chi connectivity index (χ2v) is 6.98. The van der Waals surface area contributed by atoms with Gasteiger partial charge in [0, 0.05) is 13.0 Å².